The summed E-state index contributed by atoms with van der Waals surface area (Å²) >= 11 is 0. The van der Waals surface area contributed by atoms with E-state index in [1.165, 1.54) is 0 Å². The minimum atomic E-state index is -0.651. The minimum Gasteiger partial charge on any atom is -0.318 e. The molecule has 0 aliphatic carbocycles. The number of aromatic nitrogens is 1. The van der Waals surface area contributed by atoms with Crippen molar-refractivity contribution in [1.29, 1.82) is 0 Å². The molecule has 1 heterocycles. The number of carbonyl (C=O) groups is 1. The normalized spacial score (nSPS) is 12.2. The van der Waals surface area contributed by atoms with Crippen molar-refractivity contribution in [1.82, 2.24) is 4.98 Å². The lowest BCUT2D eigenvalue weighted by molar-refractivity contribution is 0.0963. The molecular formula is C17H14N2O. The summed E-state index contributed by atoms with van der Waals surface area (Å²) in [6.07, 6.45) is 3.42. The van der Waals surface area contributed by atoms with Gasteiger partial charge in [0, 0.05) is 23.3 Å². The first kappa shape index (κ1) is 12.5. The van der Waals surface area contributed by atoms with Gasteiger partial charge < -0.3 is 5.73 Å². The molecule has 0 aliphatic heterocycles. The Kier molecular flexibility index (Phi) is 3.27. The summed E-state index contributed by atoms with van der Waals surface area (Å²) in [6.45, 7) is 0. The Balaban J connectivity index is 2.05. The molecular weight excluding hydrogens is 248 g/mol. The van der Waals surface area contributed by atoms with Gasteiger partial charge in [0.1, 0.15) is 0 Å². The Hall–Kier alpha value is -2.52. The van der Waals surface area contributed by atoms with Crippen molar-refractivity contribution < 1.29 is 4.79 Å². The second-order valence-corrected chi connectivity index (χ2v) is 4.65. The van der Waals surface area contributed by atoms with Crippen molar-refractivity contribution in [2.24, 2.45) is 5.73 Å². The van der Waals surface area contributed by atoms with E-state index in [-0.39, 0.29) is 5.78 Å². The molecule has 0 bridgehead atoms. The van der Waals surface area contributed by atoms with Crippen molar-refractivity contribution >= 4 is 16.6 Å². The first-order valence-corrected chi connectivity index (χ1v) is 6.45. The van der Waals surface area contributed by atoms with Gasteiger partial charge in [-0.3, -0.25) is 9.78 Å². The Labute approximate surface area is 117 Å². The first-order chi connectivity index (χ1) is 9.77. The van der Waals surface area contributed by atoms with Crippen LogP contribution in [0.3, 0.4) is 0 Å². The molecule has 0 aliphatic rings. The predicted molar refractivity (Wildman–Crippen MR) is 79.4 cm³/mol. The van der Waals surface area contributed by atoms with Crippen LogP contribution in [0.25, 0.3) is 10.8 Å². The molecule has 1 aromatic heterocycles. The summed E-state index contributed by atoms with van der Waals surface area (Å²) in [7, 11) is 0. The van der Waals surface area contributed by atoms with Gasteiger partial charge in [0.15, 0.2) is 5.78 Å². The van der Waals surface area contributed by atoms with Crippen molar-refractivity contribution in [2.45, 2.75) is 6.04 Å². The number of carbonyl (C=O) groups excluding carboxylic acids is 1. The van der Waals surface area contributed by atoms with Crippen LogP contribution in [0.5, 0.6) is 0 Å². The summed E-state index contributed by atoms with van der Waals surface area (Å²) in [6, 6.07) is 16.3. The average molecular weight is 262 g/mol. The predicted octanol–water partition coefficient (Wildman–Crippen LogP) is 3.12. The van der Waals surface area contributed by atoms with Gasteiger partial charge in [-0.25, -0.2) is 0 Å². The van der Waals surface area contributed by atoms with Crippen LogP contribution in [0.4, 0.5) is 0 Å². The number of benzene rings is 2. The van der Waals surface area contributed by atoms with Crippen molar-refractivity contribution in [2.75, 3.05) is 0 Å². The highest BCUT2D eigenvalue weighted by molar-refractivity contribution is 6.10. The van der Waals surface area contributed by atoms with Crippen LogP contribution in [0.2, 0.25) is 0 Å². The third kappa shape index (κ3) is 2.19. The standard InChI is InChI=1S/C17H14N2O/c18-16(13-5-2-1-3-6-13)17(20)14-8-4-7-12-9-10-19-11-15(12)14/h1-11,16H,18H2/t16-/m1/s1. The molecule has 0 saturated heterocycles. The number of hydrogen-bond donors (Lipinski definition) is 1. The molecule has 1 atom stereocenters. The van der Waals surface area contributed by atoms with E-state index < -0.39 is 6.04 Å². The Morgan fingerprint density at radius 3 is 2.60 bits per heavy atom. The molecule has 3 heteroatoms. The summed E-state index contributed by atoms with van der Waals surface area (Å²) < 4.78 is 0. The molecule has 3 rings (SSSR count). The fourth-order valence-electron chi connectivity index (χ4n) is 2.31. The van der Waals surface area contributed by atoms with Gasteiger partial charge in [0.05, 0.1) is 6.04 Å². The summed E-state index contributed by atoms with van der Waals surface area (Å²) in [5, 5.41) is 1.83. The summed E-state index contributed by atoms with van der Waals surface area (Å²) in [4.78, 5) is 16.7. The number of fused-ring (bicyclic) bond motifs is 1. The minimum absolute atomic E-state index is 0.0881. The molecule has 20 heavy (non-hydrogen) atoms. The van der Waals surface area contributed by atoms with Gasteiger partial charge in [0.2, 0.25) is 0 Å². The monoisotopic (exact) mass is 262 g/mol. The van der Waals surface area contributed by atoms with E-state index in [0.29, 0.717) is 5.56 Å². The molecule has 0 saturated carbocycles. The number of hydrogen-bond acceptors (Lipinski definition) is 3. The molecule has 3 nitrogen and oxygen atoms in total. The summed E-state index contributed by atoms with van der Waals surface area (Å²) in [5.74, 6) is -0.0881. The van der Waals surface area contributed by atoms with Crippen LogP contribution in [-0.4, -0.2) is 10.8 Å². The quantitative estimate of drug-likeness (QED) is 0.738. The van der Waals surface area contributed by atoms with Crippen LogP contribution in [0, 0.1) is 0 Å². The van der Waals surface area contributed by atoms with Gasteiger partial charge >= 0.3 is 0 Å². The van der Waals surface area contributed by atoms with Gasteiger partial charge in [-0.05, 0) is 17.0 Å². The molecule has 0 unspecified atom stereocenters. The third-order valence-electron chi connectivity index (χ3n) is 3.39. The number of nitrogens with zero attached hydrogens (tertiary/aromatic N) is 1. The van der Waals surface area contributed by atoms with Crippen LogP contribution in [0.1, 0.15) is 22.0 Å². The fraction of sp³-hybridized carbons (Fsp3) is 0.0588. The first-order valence-electron chi connectivity index (χ1n) is 6.45. The van der Waals surface area contributed by atoms with Crippen LogP contribution < -0.4 is 5.73 Å². The highest BCUT2D eigenvalue weighted by Gasteiger charge is 2.19. The maximum atomic E-state index is 12.6. The highest BCUT2D eigenvalue weighted by atomic mass is 16.1. The van der Waals surface area contributed by atoms with E-state index >= 15 is 0 Å². The van der Waals surface area contributed by atoms with Crippen molar-refractivity contribution in [3.63, 3.8) is 0 Å². The topological polar surface area (TPSA) is 56.0 Å². The van der Waals surface area contributed by atoms with Gasteiger partial charge in [-0.1, -0.05) is 48.5 Å². The third-order valence-corrected chi connectivity index (χ3v) is 3.39. The summed E-state index contributed by atoms with van der Waals surface area (Å²) in [5.41, 5.74) is 7.53. The molecule has 0 radical (unpaired) electrons. The lowest BCUT2D eigenvalue weighted by atomic mass is 9.95. The van der Waals surface area contributed by atoms with Crippen molar-refractivity contribution in [3.8, 4) is 0 Å². The number of Topliss-reactive ketones (excluding diaryl/α,β-unsaturated/α-hetero) is 1. The van der Waals surface area contributed by atoms with E-state index in [0.717, 1.165) is 16.3 Å². The van der Waals surface area contributed by atoms with Gasteiger partial charge in [0.25, 0.3) is 0 Å². The Morgan fingerprint density at radius 2 is 1.80 bits per heavy atom. The van der Waals surface area contributed by atoms with Crippen molar-refractivity contribution in [3.05, 3.63) is 78.1 Å². The largest absolute Gasteiger partial charge is 0.318 e. The average Bonchev–Trinajstić information content (AvgIpc) is 2.54. The Bertz CT molecular complexity index is 748. The van der Waals surface area contributed by atoms with E-state index in [4.69, 9.17) is 5.73 Å². The van der Waals surface area contributed by atoms with E-state index in [9.17, 15) is 4.79 Å². The maximum absolute atomic E-state index is 12.6. The second-order valence-electron chi connectivity index (χ2n) is 4.65. The fourth-order valence-corrected chi connectivity index (χ4v) is 2.31. The molecule has 3 aromatic rings. The molecule has 2 aromatic carbocycles. The molecule has 98 valence electrons. The van der Waals surface area contributed by atoms with E-state index in [2.05, 4.69) is 4.98 Å². The zero-order chi connectivity index (χ0) is 13.9. The number of ketones is 1. The zero-order valence-electron chi connectivity index (χ0n) is 10.9. The maximum Gasteiger partial charge on any atom is 0.184 e. The smallest absolute Gasteiger partial charge is 0.184 e. The molecule has 0 amide bonds. The van der Waals surface area contributed by atoms with Crippen LogP contribution in [0.15, 0.2) is 67.0 Å². The van der Waals surface area contributed by atoms with Crippen LogP contribution >= 0.6 is 0 Å². The van der Waals surface area contributed by atoms with Gasteiger partial charge in [-0.15, -0.1) is 0 Å². The second kappa shape index (κ2) is 5.23. The highest BCUT2D eigenvalue weighted by Crippen LogP contribution is 2.22. The van der Waals surface area contributed by atoms with E-state index in [1.54, 1.807) is 18.5 Å². The number of rotatable bonds is 3. The Morgan fingerprint density at radius 1 is 1.00 bits per heavy atom. The van der Waals surface area contributed by atoms with Crippen LogP contribution in [-0.2, 0) is 0 Å². The molecule has 2 N–H and O–H groups in total. The lowest BCUT2D eigenvalue weighted by Gasteiger charge is -2.12. The number of nitrogens with two attached hydrogens (primary N) is 1. The lowest BCUT2D eigenvalue weighted by Crippen LogP contribution is -2.21. The molecule has 0 fully saturated rings. The van der Waals surface area contributed by atoms with Gasteiger partial charge in [-0.2, -0.15) is 0 Å². The van der Waals surface area contributed by atoms with E-state index in [1.807, 2.05) is 48.5 Å². The zero-order valence-corrected chi connectivity index (χ0v) is 10.9. The molecule has 0 spiro atoms. The SMILES string of the molecule is N[C@@H](C(=O)c1cccc2ccncc12)c1ccccc1. The number of pyridine rings is 1.